The predicted molar refractivity (Wildman–Crippen MR) is 112 cm³/mol. The highest BCUT2D eigenvalue weighted by Gasteiger charge is 2.51. The van der Waals surface area contributed by atoms with Crippen LogP contribution in [0.15, 0.2) is 30.3 Å². The Morgan fingerprint density at radius 3 is 2.19 bits per heavy atom. The SMILES string of the molecule is CCNC(=O)[C@H](Cc1ccccc1)NC(=O)C1OC1C(=O)N[C@@H](CCCCN)C(=O)O. The number of carboxylic acids is 1. The number of carboxylic acid groups (broad SMARTS) is 1. The first-order valence-corrected chi connectivity index (χ1v) is 10.4. The van der Waals surface area contributed by atoms with E-state index in [-0.39, 0.29) is 18.7 Å². The number of amides is 3. The Kier molecular flexibility index (Phi) is 9.41. The van der Waals surface area contributed by atoms with Crippen LogP contribution in [-0.2, 0) is 30.3 Å². The van der Waals surface area contributed by atoms with Crippen LogP contribution in [0, 0.1) is 0 Å². The van der Waals surface area contributed by atoms with Gasteiger partial charge in [-0.15, -0.1) is 0 Å². The molecule has 0 spiro atoms. The number of hydrogen-bond acceptors (Lipinski definition) is 6. The van der Waals surface area contributed by atoms with Gasteiger partial charge < -0.3 is 31.5 Å². The number of ether oxygens (including phenoxy) is 1. The van der Waals surface area contributed by atoms with Gasteiger partial charge in [-0.2, -0.15) is 0 Å². The molecule has 1 fully saturated rings. The molecule has 6 N–H and O–H groups in total. The van der Waals surface area contributed by atoms with E-state index in [9.17, 15) is 24.3 Å². The zero-order chi connectivity index (χ0) is 22.8. The van der Waals surface area contributed by atoms with E-state index in [0.717, 1.165) is 5.56 Å². The first kappa shape index (κ1) is 24.3. The highest BCUT2D eigenvalue weighted by atomic mass is 16.6. The molecule has 1 saturated heterocycles. The maximum Gasteiger partial charge on any atom is 0.326 e. The van der Waals surface area contributed by atoms with E-state index in [1.807, 2.05) is 30.3 Å². The minimum atomic E-state index is -1.16. The quantitative estimate of drug-likeness (QED) is 0.203. The molecule has 10 heteroatoms. The average Bonchev–Trinajstić information content (AvgIpc) is 3.54. The van der Waals surface area contributed by atoms with Crippen LogP contribution in [0.4, 0.5) is 0 Å². The van der Waals surface area contributed by atoms with Crippen LogP contribution in [0.5, 0.6) is 0 Å². The van der Waals surface area contributed by atoms with E-state index >= 15 is 0 Å². The van der Waals surface area contributed by atoms with Crippen molar-refractivity contribution in [2.75, 3.05) is 13.1 Å². The molecule has 10 nitrogen and oxygen atoms in total. The predicted octanol–water partition coefficient (Wildman–Crippen LogP) is -0.684. The third-order valence-electron chi connectivity index (χ3n) is 4.84. The first-order chi connectivity index (χ1) is 14.9. The Balaban J connectivity index is 1.92. The van der Waals surface area contributed by atoms with Crippen LogP contribution < -0.4 is 21.7 Å². The molecule has 1 aromatic carbocycles. The van der Waals surface area contributed by atoms with Crippen LogP contribution in [0.25, 0.3) is 0 Å². The Labute approximate surface area is 180 Å². The maximum absolute atomic E-state index is 12.5. The van der Waals surface area contributed by atoms with Gasteiger partial charge in [-0.25, -0.2) is 4.79 Å². The summed E-state index contributed by atoms with van der Waals surface area (Å²) in [6.07, 6.45) is -0.429. The minimum absolute atomic E-state index is 0.234. The van der Waals surface area contributed by atoms with Crippen molar-refractivity contribution < 1.29 is 29.0 Å². The molecule has 31 heavy (non-hydrogen) atoms. The summed E-state index contributed by atoms with van der Waals surface area (Å²) in [7, 11) is 0. The van der Waals surface area contributed by atoms with Crippen LogP contribution in [-0.4, -0.2) is 66.2 Å². The lowest BCUT2D eigenvalue weighted by Gasteiger charge is -2.18. The Morgan fingerprint density at radius 1 is 1.03 bits per heavy atom. The molecule has 0 aliphatic carbocycles. The van der Waals surface area contributed by atoms with E-state index < -0.39 is 42.1 Å². The lowest BCUT2D eigenvalue weighted by molar-refractivity contribution is -0.142. The second-order valence-electron chi connectivity index (χ2n) is 7.31. The van der Waals surface area contributed by atoms with Crippen molar-refractivity contribution in [1.82, 2.24) is 16.0 Å². The molecular formula is C21H30N4O6. The molecule has 0 radical (unpaired) electrons. The third-order valence-corrected chi connectivity index (χ3v) is 4.84. The standard InChI is InChI=1S/C21H30N4O6/c1-2-23-18(26)15(12-13-8-4-3-5-9-13)25-20(28)17-16(31-17)19(27)24-14(21(29)30)10-6-7-11-22/h3-5,8-9,14-17H,2,6-7,10-12,22H2,1H3,(H,23,26)(H,24,27)(H,25,28)(H,29,30)/t14-,15-,16?,17?/m0/s1. The molecular weight excluding hydrogens is 404 g/mol. The van der Waals surface area contributed by atoms with Crippen molar-refractivity contribution in [3.05, 3.63) is 35.9 Å². The van der Waals surface area contributed by atoms with Gasteiger partial charge in [0.15, 0.2) is 12.2 Å². The molecule has 4 atom stereocenters. The van der Waals surface area contributed by atoms with Crippen molar-refractivity contribution in [3.8, 4) is 0 Å². The third kappa shape index (κ3) is 7.65. The van der Waals surface area contributed by atoms with Crippen LogP contribution >= 0.6 is 0 Å². The second-order valence-corrected chi connectivity index (χ2v) is 7.31. The molecule has 1 aromatic rings. The number of epoxide rings is 1. The summed E-state index contributed by atoms with van der Waals surface area (Å²) in [5, 5.41) is 17.0. The molecule has 2 unspecified atom stereocenters. The van der Waals surface area contributed by atoms with Gasteiger partial charge in [-0.05, 0) is 38.3 Å². The van der Waals surface area contributed by atoms with Crippen LogP contribution in [0.2, 0.25) is 0 Å². The van der Waals surface area contributed by atoms with Gasteiger partial charge in [0.05, 0.1) is 0 Å². The number of carbonyl (C=O) groups excluding carboxylic acids is 3. The Morgan fingerprint density at radius 2 is 1.65 bits per heavy atom. The van der Waals surface area contributed by atoms with Gasteiger partial charge in [0, 0.05) is 13.0 Å². The minimum Gasteiger partial charge on any atom is -0.480 e. The second kappa shape index (κ2) is 12.0. The molecule has 1 aliphatic heterocycles. The van der Waals surface area contributed by atoms with Crippen LogP contribution in [0.1, 0.15) is 31.7 Å². The first-order valence-electron chi connectivity index (χ1n) is 10.4. The summed E-state index contributed by atoms with van der Waals surface area (Å²) in [6.45, 7) is 2.62. The largest absolute Gasteiger partial charge is 0.480 e. The molecule has 0 bridgehead atoms. The van der Waals surface area contributed by atoms with Crippen molar-refractivity contribution in [1.29, 1.82) is 0 Å². The highest BCUT2D eigenvalue weighted by Crippen LogP contribution is 2.23. The fraction of sp³-hybridized carbons (Fsp3) is 0.524. The smallest absolute Gasteiger partial charge is 0.326 e. The number of hydrogen-bond donors (Lipinski definition) is 5. The van der Waals surface area contributed by atoms with Gasteiger partial charge >= 0.3 is 5.97 Å². The fourth-order valence-corrected chi connectivity index (χ4v) is 3.13. The van der Waals surface area contributed by atoms with Crippen molar-refractivity contribution in [3.63, 3.8) is 0 Å². The van der Waals surface area contributed by atoms with Gasteiger partial charge in [0.1, 0.15) is 12.1 Å². The number of nitrogens with one attached hydrogen (secondary N) is 3. The zero-order valence-corrected chi connectivity index (χ0v) is 17.5. The Hall–Kier alpha value is -2.98. The Bertz CT molecular complexity index is 772. The number of unbranched alkanes of at least 4 members (excludes halogenated alkanes) is 1. The number of rotatable bonds is 13. The van der Waals surface area contributed by atoms with E-state index in [1.54, 1.807) is 6.92 Å². The average molecular weight is 434 g/mol. The van der Waals surface area contributed by atoms with Crippen LogP contribution in [0.3, 0.4) is 0 Å². The summed E-state index contributed by atoms with van der Waals surface area (Å²) in [4.78, 5) is 48.5. The monoisotopic (exact) mass is 434 g/mol. The van der Waals surface area contributed by atoms with Gasteiger partial charge in [-0.3, -0.25) is 14.4 Å². The van der Waals surface area contributed by atoms with Gasteiger partial charge in [0.25, 0.3) is 11.8 Å². The molecule has 170 valence electrons. The zero-order valence-electron chi connectivity index (χ0n) is 17.5. The molecule has 1 heterocycles. The van der Waals surface area contributed by atoms with Crippen molar-refractivity contribution in [2.45, 2.75) is 56.9 Å². The number of likely N-dealkylation sites (N-methyl/N-ethyl adjacent to an activating group) is 1. The molecule has 2 rings (SSSR count). The molecule has 3 amide bonds. The highest BCUT2D eigenvalue weighted by molar-refractivity contribution is 5.98. The normalized spacial score (nSPS) is 19.0. The topological polar surface area (TPSA) is 163 Å². The van der Waals surface area contributed by atoms with E-state index in [0.29, 0.717) is 25.9 Å². The maximum atomic E-state index is 12.5. The summed E-state index contributed by atoms with van der Waals surface area (Å²) < 4.78 is 5.17. The number of nitrogens with two attached hydrogens (primary N) is 1. The van der Waals surface area contributed by atoms with Gasteiger partial charge in [0.2, 0.25) is 5.91 Å². The van der Waals surface area contributed by atoms with Gasteiger partial charge in [-0.1, -0.05) is 30.3 Å². The summed E-state index contributed by atoms with van der Waals surface area (Å²) in [5.41, 5.74) is 6.27. The lowest BCUT2D eigenvalue weighted by atomic mass is 10.0. The lowest BCUT2D eigenvalue weighted by Crippen LogP contribution is -2.50. The van der Waals surface area contributed by atoms with E-state index in [2.05, 4.69) is 16.0 Å². The summed E-state index contributed by atoms with van der Waals surface area (Å²) in [6, 6.07) is 7.31. The van der Waals surface area contributed by atoms with E-state index in [4.69, 9.17) is 10.5 Å². The van der Waals surface area contributed by atoms with Crippen molar-refractivity contribution in [2.24, 2.45) is 5.73 Å². The molecule has 0 saturated carbocycles. The molecule has 0 aromatic heterocycles. The summed E-state index contributed by atoms with van der Waals surface area (Å²) in [5.74, 6) is -2.77. The number of benzene rings is 1. The summed E-state index contributed by atoms with van der Waals surface area (Å²) >= 11 is 0. The van der Waals surface area contributed by atoms with E-state index in [1.165, 1.54) is 0 Å². The molecule has 1 aliphatic rings. The fourth-order valence-electron chi connectivity index (χ4n) is 3.13. The van der Waals surface area contributed by atoms with Crippen molar-refractivity contribution >= 4 is 23.7 Å². The number of aliphatic carboxylic acids is 1. The number of carbonyl (C=O) groups is 4.